The molecule has 0 bridgehead atoms. The van der Waals surface area contributed by atoms with Crippen molar-refractivity contribution in [2.45, 2.75) is 6.54 Å². The van der Waals surface area contributed by atoms with Crippen LogP contribution in [0.15, 0.2) is 24.5 Å². The molecule has 2 N–H and O–H groups in total. The summed E-state index contributed by atoms with van der Waals surface area (Å²) in [5, 5.41) is 9.12. The largest absolute Gasteiger partial charge is 0.493 e. The van der Waals surface area contributed by atoms with Gasteiger partial charge in [0.1, 0.15) is 0 Å². The zero-order chi connectivity index (χ0) is 15.2. The van der Waals surface area contributed by atoms with Crippen LogP contribution < -0.4 is 19.5 Å². The predicted molar refractivity (Wildman–Crippen MR) is 75.9 cm³/mol. The van der Waals surface area contributed by atoms with E-state index in [-0.39, 0.29) is 5.91 Å². The highest BCUT2D eigenvalue weighted by Crippen LogP contribution is 2.38. The first-order valence-electron chi connectivity index (χ1n) is 6.25. The lowest BCUT2D eigenvalue weighted by Gasteiger charge is -2.14. The van der Waals surface area contributed by atoms with Crippen molar-refractivity contribution in [3.63, 3.8) is 0 Å². The fourth-order valence-corrected chi connectivity index (χ4v) is 1.90. The van der Waals surface area contributed by atoms with E-state index in [1.54, 1.807) is 33.5 Å². The van der Waals surface area contributed by atoms with Crippen LogP contribution in [0.2, 0.25) is 0 Å². The molecule has 7 heteroatoms. The lowest BCUT2D eigenvalue weighted by molar-refractivity contribution is 0.0951. The first kappa shape index (κ1) is 14.7. The Kier molecular flexibility index (Phi) is 4.65. The number of rotatable bonds is 6. The molecule has 1 aromatic carbocycles. The van der Waals surface area contributed by atoms with Crippen molar-refractivity contribution in [1.82, 2.24) is 15.5 Å². The van der Waals surface area contributed by atoms with Crippen molar-refractivity contribution in [2.75, 3.05) is 21.3 Å². The Bertz CT molecular complexity index is 586. The van der Waals surface area contributed by atoms with Gasteiger partial charge >= 0.3 is 0 Å². The van der Waals surface area contributed by atoms with Gasteiger partial charge in [-0.15, -0.1) is 0 Å². The number of carbonyl (C=O) groups is 1. The number of ether oxygens (including phenoxy) is 3. The van der Waals surface area contributed by atoms with Crippen LogP contribution in [0, 0.1) is 0 Å². The third kappa shape index (κ3) is 3.25. The minimum atomic E-state index is -0.211. The highest BCUT2D eigenvalue weighted by Gasteiger charge is 2.14. The molecule has 0 aliphatic rings. The van der Waals surface area contributed by atoms with Crippen molar-refractivity contribution in [1.29, 1.82) is 0 Å². The maximum absolute atomic E-state index is 11.9. The third-order valence-corrected chi connectivity index (χ3v) is 2.94. The van der Waals surface area contributed by atoms with E-state index in [0.29, 0.717) is 29.4 Å². The molecule has 1 amide bonds. The average molecular weight is 291 g/mol. The molecule has 7 nitrogen and oxygen atoms in total. The number of nitrogens with one attached hydrogen (secondary N) is 2. The standard InChI is InChI=1S/C14H17N3O4/c1-19-11-4-9(5-12(20-2)13(11)21-3)6-15-14(18)10-7-16-17-8-10/h4-5,7-8H,6H2,1-3H3,(H,15,18)(H,16,17). The van der Waals surface area contributed by atoms with Crippen molar-refractivity contribution < 1.29 is 19.0 Å². The number of amides is 1. The summed E-state index contributed by atoms with van der Waals surface area (Å²) in [4.78, 5) is 11.9. The minimum absolute atomic E-state index is 0.211. The van der Waals surface area contributed by atoms with Crippen LogP contribution in [0.5, 0.6) is 17.2 Å². The lowest BCUT2D eigenvalue weighted by atomic mass is 10.1. The Labute approximate surface area is 122 Å². The number of hydrogen-bond acceptors (Lipinski definition) is 5. The summed E-state index contributed by atoms with van der Waals surface area (Å²) in [5.74, 6) is 1.40. The molecule has 0 radical (unpaired) electrons. The van der Waals surface area contributed by atoms with Gasteiger partial charge in [0.25, 0.3) is 5.91 Å². The molecular weight excluding hydrogens is 274 g/mol. The van der Waals surface area contributed by atoms with Crippen molar-refractivity contribution in [2.24, 2.45) is 0 Å². The summed E-state index contributed by atoms with van der Waals surface area (Å²) in [6.07, 6.45) is 3.00. The Morgan fingerprint density at radius 2 is 1.86 bits per heavy atom. The van der Waals surface area contributed by atoms with Crippen LogP contribution in [0.1, 0.15) is 15.9 Å². The van der Waals surface area contributed by atoms with Crippen LogP contribution in [-0.4, -0.2) is 37.4 Å². The average Bonchev–Trinajstić information content (AvgIpc) is 3.05. The third-order valence-electron chi connectivity index (χ3n) is 2.94. The first-order chi connectivity index (χ1) is 10.2. The summed E-state index contributed by atoms with van der Waals surface area (Å²) < 4.78 is 15.8. The topological polar surface area (TPSA) is 85.5 Å². The fraction of sp³-hybridized carbons (Fsp3) is 0.286. The van der Waals surface area contributed by atoms with Gasteiger partial charge in [0.05, 0.1) is 33.1 Å². The van der Waals surface area contributed by atoms with E-state index in [4.69, 9.17) is 14.2 Å². The molecule has 0 saturated heterocycles. The van der Waals surface area contributed by atoms with Crippen molar-refractivity contribution in [3.8, 4) is 17.2 Å². The molecule has 1 aromatic heterocycles. The second-order valence-electron chi connectivity index (χ2n) is 4.20. The second-order valence-corrected chi connectivity index (χ2v) is 4.20. The van der Waals surface area contributed by atoms with E-state index >= 15 is 0 Å². The van der Waals surface area contributed by atoms with E-state index in [2.05, 4.69) is 15.5 Å². The lowest BCUT2D eigenvalue weighted by Crippen LogP contribution is -2.22. The quantitative estimate of drug-likeness (QED) is 0.839. The molecule has 0 saturated carbocycles. The van der Waals surface area contributed by atoms with Crippen LogP contribution in [0.25, 0.3) is 0 Å². The normalized spacial score (nSPS) is 10.0. The molecule has 21 heavy (non-hydrogen) atoms. The number of aromatic nitrogens is 2. The van der Waals surface area contributed by atoms with Crippen LogP contribution in [0.4, 0.5) is 0 Å². The maximum Gasteiger partial charge on any atom is 0.254 e. The molecular formula is C14H17N3O4. The molecule has 2 rings (SSSR count). The van der Waals surface area contributed by atoms with E-state index < -0.39 is 0 Å². The Balaban J connectivity index is 2.15. The van der Waals surface area contributed by atoms with Crippen molar-refractivity contribution in [3.05, 3.63) is 35.7 Å². The van der Waals surface area contributed by atoms with E-state index in [0.717, 1.165) is 5.56 Å². The van der Waals surface area contributed by atoms with Gasteiger partial charge in [-0.3, -0.25) is 9.89 Å². The molecule has 0 unspecified atom stereocenters. The van der Waals surface area contributed by atoms with E-state index in [1.165, 1.54) is 12.4 Å². The van der Waals surface area contributed by atoms with Crippen LogP contribution >= 0.6 is 0 Å². The number of nitrogens with zero attached hydrogens (tertiary/aromatic N) is 1. The zero-order valence-corrected chi connectivity index (χ0v) is 12.1. The van der Waals surface area contributed by atoms with Gasteiger partial charge in [-0.2, -0.15) is 5.10 Å². The SMILES string of the molecule is COc1cc(CNC(=O)c2cn[nH]c2)cc(OC)c1OC. The Morgan fingerprint density at radius 3 is 2.33 bits per heavy atom. The minimum Gasteiger partial charge on any atom is -0.493 e. The summed E-state index contributed by atoms with van der Waals surface area (Å²) in [7, 11) is 4.64. The van der Waals surface area contributed by atoms with Gasteiger partial charge in [0.15, 0.2) is 11.5 Å². The smallest absolute Gasteiger partial charge is 0.254 e. The second kappa shape index (κ2) is 6.65. The molecule has 0 aliphatic heterocycles. The number of carbonyl (C=O) groups excluding carboxylic acids is 1. The zero-order valence-electron chi connectivity index (χ0n) is 12.1. The molecule has 0 aliphatic carbocycles. The molecule has 0 fully saturated rings. The molecule has 2 aromatic rings. The van der Waals surface area contributed by atoms with E-state index in [9.17, 15) is 4.79 Å². The molecule has 1 heterocycles. The monoisotopic (exact) mass is 291 g/mol. The molecule has 0 atom stereocenters. The van der Waals surface area contributed by atoms with Gasteiger partial charge < -0.3 is 19.5 Å². The molecule has 0 spiro atoms. The van der Waals surface area contributed by atoms with Gasteiger partial charge in [-0.05, 0) is 17.7 Å². The highest BCUT2D eigenvalue weighted by molar-refractivity contribution is 5.93. The van der Waals surface area contributed by atoms with Gasteiger partial charge in [-0.25, -0.2) is 0 Å². The highest BCUT2D eigenvalue weighted by atomic mass is 16.5. The van der Waals surface area contributed by atoms with Crippen LogP contribution in [0.3, 0.4) is 0 Å². The number of methoxy groups -OCH3 is 3. The van der Waals surface area contributed by atoms with Gasteiger partial charge in [0.2, 0.25) is 5.75 Å². The Morgan fingerprint density at radius 1 is 1.19 bits per heavy atom. The van der Waals surface area contributed by atoms with Crippen molar-refractivity contribution >= 4 is 5.91 Å². The maximum atomic E-state index is 11.9. The number of H-pyrrole nitrogens is 1. The number of aromatic amines is 1. The fourth-order valence-electron chi connectivity index (χ4n) is 1.90. The van der Waals surface area contributed by atoms with E-state index in [1.807, 2.05) is 0 Å². The summed E-state index contributed by atoms with van der Waals surface area (Å²) >= 11 is 0. The first-order valence-corrected chi connectivity index (χ1v) is 6.25. The van der Waals surface area contributed by atoms with Crippen LogP contribution in [-0.2, 0) is 6.54 Å². The predicted octanol–water partition coefficient (Wildman–Crippen LogP) is 1.37. The van der Waals surface area contributed by atoms with Gasteiger partial charge in [0, 0.05) is 12.7 Å². The Hall–Kier alpha value is -2.70. The number of benzene rings is 1. The molecule has 112 valence electrons. The number of hydrogen-bond donors (Lipinski definition) is 2. The summed E-state index contributed by atoms with van der Waals surface area (Å²) in [6.45, 7) is 0.334. The van der Waals surface area contributed by atoms with Gasteiger partial charge in [-0.1, -0.05) is 0 Å². The summed E-state index contributed by atoms with van der Waals surface area (Å²) in [6, 6.07) is 3.58. The summed E-state index contributed by atoms with van der Waals surface area (Å²) in [5.41, 5.74) is 1.31.